The zero-order chi connectivity index (χ0) is 12.1. The molecule has 3 heteroatoms. The molecule has 86 valence electrons. The lowest BCUT2D eigenvalue weighted by Gasteiger charge is -2.29. The third-order valence-corrected chi connectivity index (χ3v) is 1.92. The topological polar surface area (TPSA) is 29.5 Å². The summed E-state index contributed by atoms with van der Waals surface area (Å²) in [7, 11) is 0. The van der Waals surface area contributed by atoms with Gasteiger partial charge in [0.1, 0.15) is 5.60 Å². The highest BCUT2D eigenvalue weighted by Crippen LogP contribution is 2.12. The Morgan fingerprint density at radius 1 is 1.47 bits per heavy atom. The van der Waals surface area contributed by atoms with Gasteiger partial charge >= 0.3 is 6.09 Å². The number of rotatable bonds is 3. The number of hydrogen-bond donors (Lipinski definition) is 0. The lowest BCUT2D eigenvalue weighted by atomic mass is 10.2. The van der Waals surface area contributed by atoms with Crippen molar-refractivity contribution in [2.75, 3.05) is 6.54 Å². The van der Waals surface area contributed by atoms with E-state index in [4.69, 9.17) is 11.2 Å². The van der Waals surface area contributed by atoms with Crippen LogP contribution in [0, 0.1) is 12.3 Å². The van der Waals surface area contributed by atoms with Gasteiger partial charge < -0.3 is 4.74 Å². The Morgan fingerprint density at radius 3 is 2.27 bits per heavy atom. The largest absolute Gasteiger partial charge is 0.444 e. The average molecular weight is 211 g/mol. The molecule has 0 aliphatic carbocycles. The van der Waals surface area contributed by atoms with Crippen molar-refractivity contribution in [3.8, 4) is 12.3 Å². The summed E-state index contributed by atoms with van der Waals surface area (Å²) in [5.74, 6) is 2.59. The Kier molecular flexibility index (Phi) is 5.21. The number of carbonyl (C=O) groups is 1. The molecular weight excluding hydrogens is 190 g/mol. The Balaban J connectivity index is 4.55. The van der Waals surface area contributed by atoms with E-state index in [0.717, 1.165) is 6.42 Å². The summed E-state index contributed by atoms with van der Waals surface area (Å²) in [6.07, 6.45) is 5.76. The zero-order valence-electron chi connectivity index (χ0n) is 10.3. The van der Waals surface area contributed by atoms with Gasteiger partial charge in [0, 0.05) is 6.54 Å². The molecular formula is C12H21NO2. The van der Waals surface area contributed by atoms with E-state index in [9.17, 15) is 4.79 Å². The van der Waals surface area contributed by atoms with E-state index in [-0.39, 0.29) is 12.1 Å². The van der Waals surface area contributed by atoms with Gasteiger partial charge in [0.05, 0.1) is 6.04 Å². The zero-order valence-corrected chi connectivity index (χ0v) is 10.3. The minimum absolute atomic E-state index is 0.176. The predicted molar refractivity (Wildman–Crippen MR) is 61.5 cm³/mol. The fourth-order valence-electron chi connectivity index (χ4n) is 1.23. The summed E-state index contributed by atoms with van der Waals surface area (Å²) in [6.45, 7) is 9.94. The normalized spacial score (nSPS) is 12.8. The molecule has 1 atom stereocenters. The van der Waals surface area contributed by atoms with Crippen molar-refractivity contribution >= 4 is 6.09 Å². The second-order valence-electron chi connectivity index (χ2n) is 4.36. The second kappa shape index (κ2) is 5.65. The van der Waals surface area contributed by atoms with Crippen LogP contribution in [0.15, 0.2) is 0 Å². The maximum Gasteiger partial charge on any atom is 0.411 e. The lowest BCUT2D eigenvalue weighted by molar-refractivity contribution is 0.0215. The maximum atomic E-state index is 11.8. The van der Waals surface area contributed by atoms with Crippen LogP contribution in [-0.2, 0) is 4.74 Å². The third-order valence-electron chi connectivity index (χ3n) is 1.92. The highest BCUT2D eigenvalue weighted by Gasteiger charge is 2.24. The SMILES string of the molecule is C#C[C@H](CC)N(CC)C(=O)OC(C)(C)C. The summed E-state index contributed by atoms with van der Waals surface area (Å²) < 4.78 is 5.27. The molecule has 0 radical (unpaired) electrons. The van der Waals surface area contributed by atoms with E-state index in [1.165, 1.54) is 0 Å². The molecule has 0 spiro atoms. The Morgan fingerprint density at radius 2 is 2.00 bits per heavy atom. The molecule has 0 N–H and O–H groups in total. The van der Waals surface area contributed by atoms with Crippen LogP contribution in [0.25, 0.3) is 0 Å². The summed E-state index contributed by atoms with van der Waals surface area (Å²) >= 11 is 0. The quantitative estimate of drug-likeness (QED) is 0.672. The van der Waals surface area contributed by atoms with E-state index in [1.807, 2.05) is 34.6 Å². The van der Waals surface area contributed by atoms with E-state index >= 15 is 0 Å². The van der Waals surface area contributed by atoms with Gasteiger partial charge in [-0.3, -0.25) is 4.90 Å². The molecule has 0 aromatic carbocycles. The number of nitrogens with zero attached hydrogens (tertiary/aromatic N) is 1. The fraction of sp³-hybridized carbons (Fsp3) is 0.750. The van der Waals surface area contributed by atoms with Crippen LogP contribution in [0.5, 0.6) is 0 Å². The first-order valence-corrected chi connectivity index (χ1v) is 5.31. The fourth-order valence-corrected chi connectivity index (χ4v) is 1.23. The summed E-state index contributed by atoms with van der Waals surface area (Å²) in [6, 6.07) is -0.176. The van der Waals surface area contributed by atoms with Gasteiger partial charge in [-0.1, -0.05) is 12.8 Å². The molecule has 3 nitrogen and oxygen atoms in total. The van der Waals surface area contributed by atoms with Crippen LogP contribution in [0.4, 0.5) is 4.79 Å². The number of ether oxygens (including phenoxy) is 1. The van der Waals surface area contributed by atoms with Crippen molar-refractivity contribution in [1.29, 1.82) is 0 Å². The van der Waals surface area contributed by atoms with Crippen LogP contribution in [0.3, 0.4) is 0 Å². The minimum Gasteiger partial charge on any atom is -0.444 e. The van der Waals surface area contributed by atoms with E-state index < -0.39 is 5.60 Å². The molecule has 0 aliphatic rings. The molecule has 0 fully saturated rings. The maximum absolute atomic E-state index is 11.8. The molecule has 0 rings (SSSR count). The van der Waals surface area contributed by atoms with Crippen LogP contribution in [0.2, 0.25) is 0 Å². The van der Waals surface area contributed by atoms with Gasteiger partial charge in [0.25, 0.3) is 0 Å². The van der Waals surface area contributed by atoms with Crippen LogP contribution in [0.1, 0.15) is 41.0 Å². The smallest absolute Gasteiger partial charge is 0.411 e. The van der Waals surface area contributed by atoms with Gasteiger partial charge in [0.2, 0.25) is 0 Å². The molecule has 15 heavy (non-hydrogen) atoms. The van der Waals surface area contributed by atoms with E-state index in [1.54, 1.807) is 4.90 Å². The van der Waals surface area contributed by atoms with Crippen LogP contribution >= 0.6 is 0 Å². The van der Waals surface area contributed by atoms with Crippen molar-refractivity contribution in [2.45, 2.75) is 52.7 Å². The highest BCUT2D eigenvalue weighted by atomic mass is 16.6. The van der Waals surface area contributed by atoms with Gasteiger partial charge in [-0.2, -0.15) is 0 Å². The number of carbonyl (C=O) groups excluding carboxylic acids is 1. The van der Waals surface area contributed by atoms with Gasteiger partial charge in [0.15, 0.2) is 0 Å². The number of amides is 1. The van der Waals surface area contributed by atoms with Crippen molar-refractivity contribution in [3.05, 3.63) is 0 Å². The summed E-state index contributed by atoms with van der Waals surface area (Å²) in [5, 5.41) is 0. The van der Waals surface area contributed by atoms with Gasteiger partial charge in [-0.25, -0.2) is 4.79 Å². The summed E-state index contributed by atoms with van der Waals surface area (Å²) in [5.41, 5.74) is -0.475. The standard InChI is InChI=1S/C12H21NO2/c1-7-10(8-2)13(9-3)11(14)15-12(4,5)6/h1,10H,8-9H2,2-6H3/t10-/m1/s1. The second-order valence-corrected chi connectivity index (χ2v) is 4.36. The molecule has 0 aromatic heterocycles. The first-order chi connectivity index (χ1) is 6.85. The monoisotopic (exact) mass is 211 g/mol. The van der Waals surface area contributed by atoms with Crippen molar-refractivity contribution < 1.29 is 9.53 Å². The van der Waals surface area contributed by atoms with Gasteiger partial charge in [-0.05, 0) is 34.1 Å². The average Bonchev–Trinajstić information content (AvgIpc) is 2.10. The Bertz CT molecular complexity index is 247. The van der Waals surface area contributed by atoms with Crippen LogP contribution in [-0.4, -0.2) is 29.2 Å². The first kappa shape index (κ1) is 13.8. The molecule has 0 unspecified atom stereocenters. The number of terminal acetylenes is 1. The highest BCUT2D eigenvalue weighted by molar-refractivity contribution is 5.69. The van der Waals surface area contributed by atoms with Crippen molar-refractivity contribution in [1.82, 2.24) is 4.90 Å². The summed E-state index contributed by atoms with van der Waals surface area (Å²) in [4.78, 5) is 13.3. The predicted octanol–water partition coefficient (Wildman–Crippen LogP) is 2.66. The molecule has 0 heterocycles. The first-order valence-electron chi connectivity index (χ1n) is 5.31. The molecule has 0 saturated heterocycles. The van der Waals surface area contributed by atoms with Crippen molar-refractivity contribution in [2.24, 2.45) is 0 Å². The third kappa shape index (κ3) is 4.73. The number of hydrogen-bond acceptors (Lipinski definition) is 2. The molecule has 0 saturated carbocycles. The van der Waals surface area contributed by atoms with E-state index in [0.29, 0.717) is 6.54 Å². The molecule has 1 amide bonds. The Hall–Kier alpha value is -1.17. The molecule has 0 aliphatic heterocycles. The van der Waals surface area contributed by atoms with E-state index in [2.05, 4.69) is 5.92 Å². The molecule has 0 bridgehead atoms. The minimum atomic E-state index is -0.475. The van der Waals surface area contributed by atoms with Gasteiger partial charge in [-0.15, -0.1) is 6.42 Å². The van der Waals surface area contributed by atoms with Crippen molar-refractivity contribution in [3.63, 3.8) is 0 Å². The van der Waals surface area contributed by atoms with Crippen LogP contribution < -0.4 is 0 Å². The molecule has 0 aromatic rings. The Labute approximate surface area is 92.8 Å². The lowest BCUT2D eigenvalue weighted by Crippen LogP contribution is -2.42.